The fourth-order valence-corrected chi connectivity index (χ4v) is 2.31. The number of nitrogens with zero attached hydrogens (tertiary/aromatic N) is 4. The van der Waals surface area contributed by atoms with Crippen LogP contribution in [0.2, 0.25) is 0 Å². The van der Waals surface area contributed by atoms with Gasteiger partial charge in [0.1, 0.15) is 0 Å². The summed E-state index contributed by atoms with van der Waals surface area (Å²) in [6, 6.07) is 18.4. The van der Waals surface area contributed by atoms with Crippen LogP contribution in [-0.4, -0.2) is 22.9 Å². The number of para-hydroxylation sites is 1. The van der Waals surface area contributed by atoms with Crippen LogP contribution in [0.1, 0.15) is 11.3 Å². The standard InChI is InChI=1S/C18H19N5/c1-14-13-23(18(19)21-14)20-12-15-8-10-17(11-9-15)22(2)16-6-4-3-5-7-16/h3-13H,1-2H3,(H2,19,21). The van der Waals surface area contributed by atoms with Crippen LogP contribution in [0, 0.1) is 6.92 Å². The van der Waals surface area contributed by atoms with Gasteiger partial charge in [-0.25, -0.2) is 9.66 Å². The largest absolute Gasteiger partial charge is 0.368 e. The van der Waals surface area contributed by atoms with Crippen molar-refractivity contribution in [2.75, 3.05) is 17.7 Å². The Bertz CT molecular complexity index is 803. The van der Waals surface area contributed by atoms with Gasteiger partial charge in [0, 0.05) is 18.4 Å². The quantitative estimate of drug-likeness (QED) is 0.751. The normalized spacial score (nSPS) is 11.0. The second-order valence-electron chi connectivity index (χ2n) is 5.32. The summed E-state index contributed by atoms with van der Waals surface area (Å²) in [4.78, 5) is 6.25. The molecule has 0 spiro atoms. The summed E-state index contributed by atoms with van der Waals surface area (Å²) in [5.41, 5.74) is 9.88. The molecule has 2 aromatic carbocycles. The second kappa shape index (κ2) is 6.36. The molecule has 1 aromatic heterocycles. The summed E-state index contributed by atoms with van der Waals surface area (Å²) >= 11 is 0. The molecule has 0 bridgehead atoms. The topological polar surface area (TPSA) is 59.4 Å². The van der Waals surface area contributed by atoms with Gasteiger partial charge in [0.05, 0.1) is 18.1 Å². The molecule has 0 amide bonds. The van der Waals surface area contributed by atoms with Crippen LogP contribution >= 0.6 is 0 Å². The maximum absolute atomic E-state index is 5.77. The van der Waals surface area contributed by atoms with Gasteiger partial charge in [-0.1, -0.05) is 30.3 Å². The molecular weight excluding hydrogens is 286 g/mol. The van der Waals surface area contributed by atoms with Crippen molar-refractivity contribution in [2.45, 2.75) is 6.92 Å². The molecule has 0 fully saturated rings. The Morgan fingerprint density at radius 3 is 2.30 bits per heavy atom. The Morgan fingerprint density at radius 2 is 1.70 bits per heavy atom. The first-order valence-electron chi connectivity index (χ1n) is 7.38. The third-order valence-electron chi connectivity index (χ3n) is 3.59. The van der Waals surface area contributed by atoms with E-state index >= 15 is 0 Å². The maximum atomic E-state index is 5.77. The van der Waals surface area contributed by atoms with Crippen LogP contribution in [0.15, 0.2) is 65.9 Å². The lowest BCUT2D eigenvalue weighted by Crippen LogP contribution is -2.08. The van der Waals surface area contributed by atoms with Crippen LogP contribution in [-0.2, 0) is 0 Å². The maximum Gasteiger partial charge on any atom is 0.221 e. The van der Waals surface area contributed by atoms with Gasteiger partial charge in [-0.3, -0.25) is 0 Å². The number of nitrogens with two attached hydrogens (primary N) is 1. The van der Waals surface area contributed by atoms with E-state index in [4.69, 9.17) is 5.73 Å². The van der Waals surface area contributed by atoms with E-state index in [1.807, 2.05) is 44.3 Å². The van der Waals surface area contributed by atoms with E-state index in [9.17, 15) is 0 Å². The first-order valence-corrected chi connectivity index (χ1v) is 7.38. The lowest BCUT2D eigenvalue weighted by atomic mass is 10.2. The molecule has 2 N–H and O–H groups in total. The summed E-state index contributed by atoms with van der Waals surface area (Å²) in [7, 11) is 2.05. The molecular formula is C18H19N5. The SMILES string of the molecule is Cc1cn(N=Cc2ccc(N(C)c3ccccc3)cc2)c(N)n1. The van der Waals surface area contributed by atoms with E-state index in [1.165, 1.54) is 0 Å². The summed E-state index contributed by atoms with van der Waals surface area (Å²) in [5.74, 6) is 0.388. The Hall–Kier alpha value is -3.08. The number of nitrogen functional groups attached to an aromatic ring is 1. The van der Waals surface area contributed by atoms with E-state index < -0.39 is 0 Å². The highest BCUT2D eigenvalue weighted by molar-refractivity contribution is 5.80. The molecule has 0 radical (unpaired) electrons. The lowest BCUT2D eigenvalue weighted by molar-refractivity contribution is 0.897. The van der Waals surface area contributed by atoms with Crippen molar-refractivity contribution in [2.24, 2.45) is 5.10 Å². The van der Waals surface area contributed by atoms with E-state index in [0.717, 1.165) is 22.6 Å². The fourth-order valence-electron chi connectivity index (χ4n) is 2.31. The summed E-state index contributed by atoms with van der Waals surface area (Å²) in [5, 5.41) is 4.32. The molecule has 0 aliphatic heterocycles. The number of hydrogen-bond acceptors (Lipinski definition) is 4. The van der Waals surface area contributed by atoms with E-state index in [2.05, 4.69) is 39.3 Å². The highest BCUT2D eigenvalue weighted by Crippen LogP contribution is 2.22. The molecule has 3 aromatic rings. The number of imidazole rings is 1. The molecule has 5 heteroatoms. The Balaban J connectivity index is 1.76. The highest BCUT2D eigenvalue weighted by atomic mass is 15.4. The van der Waals surface area contributed by atoms with E-state index in [0.29, 0.717) is 5.95 Å². The van der Waals surface area contributed by atoms with E-state index in [-0.39, 0.29) is 0 Å². The third kappa shape index (κ3) is 3.40. The zero-order chi connectivity index (χ0) is 16.2. The summed E-state index contributed by atoms with van der Waals surface area (Å²) in [6.07, 6.45) is 3.56. The Labute approximate surface area is 135 Å². The molecule has 0 unspecified atom stereocenters. The minimum atomic E-state index is 0.388. The van der Waals surface area contributed by atoms with Gasteiger partial charge < -0.3 is 10.6 Å². The van der Waals surface area contributed by atoms with Gasteiger partial charge in [-0.2, -0.15) is 5.10 Å². The van der Waals surface area contributed by atoms with Gasteiger partial charge in [0.25, 0.3) is 0 Å². The molecule has 23 heavy (non-hydrogen) atoms. The Kier molecular flexibility index (Phi) is 4.10. The van der Waals surface area contributed by atoms with E-state index in [1.54, 1.807) is 17.1 Å². The van der Waals surface area contributed by atoms with Crippen LogP contribution in [0.5, 0.6) is 0 Å². The van der Waals surface area contributed by atoms with Crippen molar-refractivity contribution >= 4 is 23.5 Å². The minimum Gasteiger partial charge on any atom is -0.368 e. The minimum absolute atomic E-state index is 0.388. The monoisotopic (exact) mass is 305 g/mol. The lowest BCUT2D eigenvalue weighted by Gasteiger charge is -2.19. The smallest absolute Gasteiger partial charge is 0.221 e. The summed E-state index contributed by atoms with van der Waals surface area (Å²) in [6.45, 7) is 1.89. The molecule has 3 rings (SSSR count). The molecule has 0 aliphatic rings. The average Bonchev–Trinajstić information content (AvgIpc) is 2.91. The van der Waals surface area contributed by atoms with Gasteiger partial charge in [-0.05, 0) is 36.8 Å². The van der Waals surface area contributed by atoms with Crippen molar-refractivity contribution in [3.63, 3.8) is 0 Å². The predicted molar refractivity (Wildman–Crippen MR) is 95.3 cm³/mol. The van der Waals surface area contributed by atoms with Crippen molar-refractivity contribution in [1.82, 2.24) is 9.66 Å². The summed E-state index contributed by atoms with van der Waals surface area (Å²) < 4.78 is 1.57. The molecule has 0 atom stereocenters. The molecule has 1 heterocycles. The van der Waals surface area contributed by atoms with Gasteiger partial charge in [0.15, 0.2) is 0 Å². The number of benzene rings is 2. The van der Waals surface area contributed by atoms with Crippen molar-refractivity contribution in [1.29, 1.82) is 0 Å². The zero-order valence-corrected chi connectivity index (χ0v) is 13.2. The average molecular weight is 305 g/mol. The highest BCUT2D eigenvalue weighted by Gasteiger charge is 2.03. The van der Waals surface area contributed by atoms with Crippen molar-refractivity contribution < 1.29 is 0 Å². The number of aromatic nitrogens is 2. The van der Waals surface area contributed by atoms with Gasteiger partial charge in [0.2, 0.25) is 5.95 Å². The molecule has 0 saturated carbocycles. The fraction of sp³-hybridized carbons (Fsp3) is 0.111. The number of rotatable bonds is 4. The second-order valence-corrected chi connectivity index (χ2v) is 5.32. The number of anilines is 3. The molecule has 116 valence electrons. The molecule has 0 aliphatic carbocycles. The third-order valence-corrected chi connectivity index (χ3v) is 3.59. The van der Waals surface area contributed by atoms with Crippen LogP contribution in [0.4, 0.5) is 17.3 Å². The molecule has 0 saturated heterocycles. The molecule has 5 nitrogen and oxygen atoms in total. The first-order chi connectivity index (χ1) is 11.1. The van der Waals surface area contributed by atoms with Crippen LogP contribution in [0.25, 0.3) is 0 Å². The zero-order valence-electron chi connectivity index (χ0n) is 13.2. The number of aryl methyl sites for hydroxylation is 1. The Morgan fingerprint density at radius 1 is 1.04 bits per heavy atom. The van der Waals surface area contributed by atoms with Crippen molar-refractivity contribution in [3.8, 4) is 0 Å². The van der Waals surface area contributed by atoms with Gasteiger partial charge in [-0.15, -0.1) is 0 Å². The van der Waals surface area contributed by atoms with Crippen LogP contribution in [0.3, 0.4) is 0 Å². The number of hydrogen-bond donors (Lipinski definition) is 1. The van der Waals surface area contributed by atoms with Crippen molar-refractivity contribution in [3.05, 3.63) is 72.1 Å². The first kappa shape index (κ1) is 14.8. The predicted octanol–water partition coefficient (Wildman–Crippen LogP) is 3.42. The van der Waals surface area contributed by atoms with Crippen LogP contribution < -0.4 is 10.6 Å². The van der Waals surface area contributed by atoms with Gasteiger partial charge >= 0.3 is 0 Å².